The van der Waals surface area contributed by atoms with Gasteiger partial charge in [0.15, 0.2) is 6.61 Å². The maximum Gasteiger partial charge on any atom is 0.277 e. The number of nitriles is 1. The molecule has 1 amide bonds. The summed E-state index contributed by atoms with van der Waals surface area (Å²) < 4.78 is 5.42. The molecule has 0 unspecified atom stereocenters. The second-order valence-electron chi connectivity index (χ2n) is 6.77. The van der Waals surface area contributed by atoms with Crippen LogP contribution in [0.5, 0.6) is 5.75 Å². The summed E-state index contributed by atoms with van der Waals surface area (Å²) in [5.74, 6) is 1.66. The molecule has 5 heteroatoms. The van der Waals surface area contributed by atoms with Crippen LogP contribution in [0.15, 0.2) is 29.4 Å². The third kappa shape index (κ3) is 4.82. The molecular formula is C19H25N3O2. The van der Waals surface area contributed by atoms with Crippen molar-refractivity contribution < 1.29 is 9.53 Å². The average Bonchev–Trinajstić information content (AvgIpc) is 2.58. The van der Waals surface area contributed by atoms with Crippen molar-refractivity contribution in [2.75, 3.05) is 6.61 Å². The first-order chi connectivity index (χ1) is 11.5. The second-order valence-corrected chi connectivity index (χ2v) is 6.77. The largest absolute Gasteiger partial charge is 0.482 e. The fourth-order valence-electron chi connectivity index (χ4n) is 3.08. The monoisotopic (exact) mass is 327 g/mol. The summed E-state index contributed by atoms with van der Waals surface area (Å²) in [6.07, 6.45) is 3.27. The van der Waals surface area contributed by atoms with Crippen LogP contribution in [0.3, 0.4) is 0 Å². The number of rotatable bonds is 5. The third-order valence-electron chi connectivity index (χ3n) is 4.45. The summed E-state index contributed by atoms with van der Waals surface area (Å²) in [5, 5.41) is 13.4. The van der Waals surface area contributed by atoms with Crippen LogP contribution in [0, 0.1) is 29.1 Å². The number of carbonyl (C=O) groups excluding carboxylic acids is 1. The van der Waals surface area contributed by atoms with E-state index in [1.165, 1.54) is 6.42 Å². The van der Waals surface area contributed by atoms with E-state index in [1.807, 2.05) is 6.07 Å². The minimum Gasteiger partial charge on any atom is -0.482 e. The molecule has 0 radical (unpaired) electrons. The van der Waals surface area contributed by atoms with Crippen LogP contribution in [0.2, 0.25) is 0 Å². The van der Waals surface area contributed by atoms with Gasteiger partial charge in [-0.25, -0.2) is 5.43 Å². The number of amides is 1. The molecule has 5 nitrogen and oxygen atoms in total. The summed E-state index contributed by atoms with van der Waals surface area (Å²) in [4.78, 5) is 12.0. The van der Waals surface area contributed by atoms with Gasteiger partial charge in [0.2, 0.25) is 0 Å². The Labute approximate surface area is 143 Å². The minimum atomic E-state index is -0.309. The molecule has 1 aromatic carbocycles. The zero-order valence-electron chi connectivity index (χ0n) is 14.6. The smallest absolute Gasteiger partial charge is 0.277 e. The standard InChI is InChI=1S/C19H25N3O2/c1-13(2)16-9-8-14(3)10-17(16)21-22-19(23)12-24-18-7-5-4-6-15(18)11-20/h4-7,13-14,16H,8-10,12H2,1-3H3,(H,22,23)/b21-17-/t14-,16-/m0/s1. The molecule has 2 rings (SSSR count). The number of nitrogens with one attached hydrogen (secondary N) is 1. The molecule has 0 aromatic heterocycles. The number of benzene rings is 1. The van der Waals surface area contributed by atoms with Gasteiger partial charge in [0.1, 0.15) is 11.8 Å². The first kappa shape index (κ1) is 18.0. The van der Waals surface area contributed by atoms with Crippen LogP contribution in [0.1, 0.15) is 45.6 Å². The molecule has 0 bridgehead atoms. The molecule has 0 aliphatic heterocycles. The molecule has 128 valence electrons. The van der Waals surface area contributed by atoms with Crippen LogP contribution < -0.4 is 10.2 Å². The number of hydrogen-bond acceptors (Lipinski definition) is 4. The highest BCUT2D eigenvalue weighted by Crippen LogP contribution is 2.31. The van der Waals surface area contributed by atoms with Crippen molar-refractivity contribution in [3.05, 3.63) is 29.8 Å². The molecule has 1 N–H and O–H groups in total. The lowest BCUT2D eigenvalue weighted by molar-refractivity contribution is -0.123. The van der Waals surface area contributed by atoms with Crippen LogP contribution in [-0.4, -0.2) is 18.2 Å². The highest BCUT2D eigenvalue weighted by atomic mass is 16.5. The summed E-state index contributed by atoms with van der Waals surface area (Å²) in [6, 6.07) is 8.90. The Balaban J connectivity index is 1.93. The van der Waals surface area contributed by atoms with Crippen molar-refractivity contribution in [1.29, 1.82) is 5.26 Å². The van der Waals surface area contributed by atoms with Crippen molar-refractivity contribution in [3.63, 3.8) is 0 Å². The number of hydrazone groups is 1. The van der Waals surface area contributed by atoms with Gasteiger partial charge < -0.3 is 4.74 Å². The molecule has 0 heterocycles. The van der Waals surface area contributed by atoms with Gasteiger partial charge in [-0.2, -0.15) is 10.4 Å². The maximum atomic E-state index is 12.0. The van der Waals surface area contributed by atoms with E-state index < -0.39 is 0 Å². The van der Waals surface area contributed by atoms with E-state index >= 15 is 0 Å². The van der Waals surface area contributed by atoms with Crippen molar-refractivity contribution >= 4 is 11.6 Å². The number of carbonyl (C=O) groups is 1. The summed E-state index contributed by atoms with van der Waals surface area (Å²) >= 11 is 0. The van der Waals surface area contributed by atoms with E-state index in [1.54, 1.807) is 24.3 Å². The quantitative estimate of drug-likeness (QED) is 0.841. The van der Waals surface area contributed by atoms with Gasteiger partial charge in [-0.1, -0.05) is 32.9 Å². The highest BCUT2D eigenvalue weighted by molar-refractivity contribution is 5.89. The molecule has 1 saturated carbocycles. The Morgan fingerprint density at radius 3 is 2.88 bits per heavy atom. The van der Waals surface area contributed by atoms with Crippen LogP contribution in [-0.2, 0) is 4.79 Å². The van der Waals surface area contributed by atoms with E-state index in [4.69, 9.17) is 10.00 Å². The summed E-state index contributed by atoms with van der Waals surface area (Å²) in [5.41, 5.74) is 4.10. The Morgan fingerprint density at radius 2 is 2.17 bits per heavy atom. The van der Waals surface area contributed by atoms with E-state index in [-0.39, 0.29) is 12.5 Å². The normalized spacial score (nSPS) is 22.2. The lowest BCUT2D eigenvalue weighted by Crippen LogP contribution is -2.32. The molecule has 24 heavy (non-hydrogen) atoms. The van der Waals surface area contributed by atoms with Crippen molar-refractivity contribution in [1.82, 2.24) is 5.43 Å². The van der Waals surface area contributed by atoms with Gasteiger partial charge in [-0.05, 0) is 43.2 Å². The van der Waals surface area contributed by atoms with E-state index in [2.05, 4.69) is 31.3 Å². The van der Waals surface area contributed by atoms with Gasteiger partial charge in [0.25, 0.3) is 5.91 Å². The molecule has 1 aliphatic carbocycles. The molecule has 2 atom stereocenters. The van der Waals surface area contributed by atoms with Crippen LogP contribution >= 0.6 is 0 Å². The molecule has 0 saturated heterocycles. The molecule has 1 aliphatic rings. The van der Waals surface area contributed by atoms with E-state index in [0.717, 1.165) is 18.6 Å². The average molecular weight is 327 g/mol. The number of para-hydroxylation sites is 1. The van der Waals surface area contributed by atoms with Gasteiger partial charge >= 0.3 is 0 Å². The van der Waals surface area contributed by atoms with Gasteiger partial charge in [0, 0.05) is 11.6 Å². The second kappa shape index (κ2) is 8.49. The highest BCUT2D eigenvalue weighted by Gasteiger charge is 2.27. The van der Waals surface area contributed by atoms with Gasteiger partial charge in [-0.15, -0.1) is 0 Å². The molecule has 1 aromatic rings. The van der Waals surface area contributed by atoms with Gasteiger partial charge in [-0.3, -0.25) is 4.79 Å². The number of ether oxygens (including phenoxy) is 1. The molecular weight excluding hydrogens is 302 g/mol. The predicted molar refractivity (Wildman–Crippen MR) is 93.6 cm³/mol. The first-order valence-corrected chi connectivity index (χ1v) is 8.48. The fraction of sp³-hybridized carbons (Fsp3) is 0.526. The van der Waals surface area contributed by atoms with E-state index in [9.17, 15) is 4.79 Å². The number of nitrogens with zero attached hydrogens (tertiary/aromatic N) is 2. The molecule has 1 fully saturated rings. The van der Waals surface area contributed by atoms with Gasteiger partial charge in [0.05, 0.1) is 5.56 Å². The Morgan fingerprint density at radius 1 is 1.42 bits per heavy atom. The van der Waals surface area contributed by atoms with Crippen molar-refractivity contribution in [3.8, 4) is 11.8 Å². The van der Waals surface area contributed by atoms with Crippen molar-refractivity contribution in [2.24, 2.45) is 22.9 Å². The molecule has 0 spiro atoms. The maximum absolute atomic E-state index is 12.0. The Hall–Kier alpha value is -2.35. The Kier molecular flexibility index (Phi) is 6.36. The lowest BCUT2D eigenvalue weighted by atomic mass is 9.76. The SMILES string of the molecule is CC(C)[C@@H]1CC[C@H](C)C/C1=N/NC(=O)COc1ccccc1C#N. The minimum absolute atomic E-state index is 0.155. The third-order valence-corrected chi connectivity index (χ3v) is 4.45. The van der Waals surface area contributed by atoms with Crippen molar-refractivity contribution in [2.45, 2.75) is 40.0 Å². The first-order valence-electron chi connectivity index (χ1n) is 8.48. The zero-order valence-corrected chi connectivity index (χ0v) is 14.6. The predicted octanol–water partition coefficient (Wildman–Crippen LogP) is 3.50. The topological polar surface area (TPSA) is 74.5 Å². The summed E-state index contributed by atoms with van der Waals surface area (Å²) in [6.45, 7) is 6.45. The Bertz CT molecular complexity index is 646. The lowest BCUT2D eigenvalue weighted by Gasteiger charge is -2.30. The van der Waals surface area contributed by atoms with Crippen LogP contribution in [0.25, 0.3) is 0 Å². The fourth-order valence-corrected chi connectivity index (χ4v) is 3.08. The van der Waals surface area contributed by atoms with E-state index in [0.29, 0.717) is 29.1 Å². The zero-order chi connectivity index (χ0) is 17.5. The number of hydrogen-bond donors (Lipinski definition) is 1. The van der Waals surface area contributed by atoms with Crippen LogP contribution in [0.4, 0.5) is 0 Å². The summed E-state index contributed by atoms with van der Waals surface area (Å²) in [7, 11) is 0.